The highest BCUT2D eigenvalue weighted by molar-refractivity contribution is 5.87. The van der Waals surface area contributed by atoms with Gasteiger partial charge in [0.25, 0.3) is 0 Å². The molecule has 2 aromatic carbocycles. The molecule has 1 fully saturated rings. The molecule has 2 aliphatic carbocycles. The first-order valence-corrected chi connectivity index (χ1v) is 12.3. The van der Waals surface area contributed by atoms with Crippen LogP contribution in [0.15, 0.2) is 48.5 Å². The molecule has 0 saturated heterocycles. The number of benzene rings is 2. The monoisotopic (exact) mass is 398 g/mol. The fourth-order valence-corrected chi connectivity index (χ4v) is 6.60. The highest BCUT2D eigenvalue weighted by Gasteiger charge is 2.33. The Morgan fingerprint density at radius 1 is 0.800 bits per heavy atom. The molecule has 0 N–H and O–H groups in total. The minimum Gasteiger partial charge on any atom is -0.343 e. The molecule has 1 atom stereocenters. The molecule has 0 amide bonds. The standard InChI is InChI=1S/C28H34N2/c1-3-9-21(10-4-1)20-29-17-8-18-30-26-16-15-23(22-11-5-2-6-12-22)19-25(26)24-13-7-14-27(29)28(24)30/h1,3-4,9-10,15-16,19,22,27H,2,5-8,11-14,17-18,20H2. The van der Waals surface area contributed by atoms with Crippen LogP contribution in [-0.2, 0) is 19.5 Å². The Balaban J connectivity index is 1.41. The third-order valence-corrected chi connectivity index (χ3v) is 8.03. The lowest BCUT2D eigenvalue weighted by molar-refractivity contribution is 0.173. The lowest BCUT2D eigenvalue weighted by atomic mass is 9.83. The van der Waals surface area contributed by atoms with E-state index in [1.54, 1.807) is 22.2 Å². The van der Waals surface area contributed by atoms with Gasteiger partial charge in [0.2, 0.25) is 0 Å². The van der Waals surface area contributed by atoms with Crippen LogP contribution in [0.3, 0.4) is 0 Å². The van der Waals surface area contributed by atoms with E-state index in [1.807, 2.05) is 0 Å². The number of aryl methyl sites for hydroxylation is 2. The normalized spacial score (nSPS) is 22.7. The van der Waals surface area contributed by atoms with Gasteiger partial charge in [-0.15, -0.1) is 0 Å². The van der Waals surface area contributed by atoms with Crippen molar-refractivity contribution in [2.45, 2.75) is 82.8 Å². The van der Waals surface area contributed by atoms with Gasteiger partial charge in [0, 0.05) is 36.2 Å². The van der Waals surface area contributed by atoms with Crippen molar-refractivity contribution in [2.24, 2.45) is 0 Å². The summed E-state index contributed by atoms with van der Waals surface area (Å²) in [5.74, 6) is 0.795. The SMILES string of the molecule is c1ccc(CN2CCCn3c4c(c5cc(C6CCCCC6)ccc53)CCCC42)cc1. The van der Waals surface area contributed by atoms with Crippen molar-refractivity contribution in [1.82, 2.24) is 9.47 Å². The van der Waals surface area contributed by atoms with Gasteiger partial charge in [-0.2, -0.15) is 0 Å². The summed E-state index contributed by atoms with van der Waals surface area (Å²) in [4.78, 5) is 2.78. The molecule has 0 bridgehead atoms. The zero-order chi connectivity index (χ0) is 19.9. The summed E-state index contributed by atoms with van der Waals surface area (Å²) in [5, 5.41) is 1.58. The number of hydrogen-bond acceptors (Lipinski definition) is 1. The van der Waals surface area contributed by atoms with Crippen molar-refractivity contribution >= 4 is 10.9 Å². The van der Waals surface area contributed by atoms with Gasteiger partial charge in [-0.1, -0.05) is 55.7 Å². The first-order valence-electron chi connectivity index (χ1n) is 12.3. The van der Waals surface area contributed by atoms with Crippen LogP contribution >= 0.6 is 0 Å². The summed E-state index contributed by atoms with van der Waals surface area (Å²) in [6.07, 6.45) is 12.2. The third-order valence-electron chi connectivity index (χ3n) is 8.03. The van der Waals surface area contributed by atoms with E-state index >= 15 is 0 Å². The molecule has 1 unspecified atom stereocenters. The van der Waals surface area contributed by atoms with Crippen LogP contribution in [0.2, 0.25) is 0 Å². The van der Waals surface area contributed by atoms with Crippen LogP contribution < -0.4 is 0 Å². The van der Waals surface area contributed by atoms with E-state index in [-0.39, 0.29) is 0 Å². The Labute approximate surface area is 180 Å². The Bertz CT molecular complexity index is 1030. The molecule has 1 aliphatic heterocycles. The first kappa shape index (κ1) is 18.7. The molecule has 3 aliphatic rings. The van der Waals surface area contributed by atoms with E-state index in [9.17, 15) is 0 Å². The zero-order valence-electron chi connectivity index (χ0n) is 18.2. The van der Waals surface area contributed by atoms with Crippen LogP contribution in [-0.4, -0.2) is 16.0 Å². The number of rotatable bonds is 3. The summed E-state index contributed by atoms with van der Waals surface area (Å²) in [6.45, 7) is 3.47. The maximum Gasteiger partial charge on any atom is 0.0507 e. The number of fused-ring (bicyclic) bond motifs is 3. The summed E-state index contributed by atoms with van der Waals surface area (Å²) >= 11 is 0. The van der Waals surface area contributed by atoms with E-state index in [2.05, 4.69) is 58.0 Å². The van der Waals surface area contributed by atoms with Crippen molar-refractivity contribution < 1.29 is 0 Å². The molecular formula is C28H34N2. The van der Waals surface area contributed by atoms with Gasteiger partial charge >= 0.3 is 0 Å². The average molecular weight is 399 g/mol. The maximum atomic E-state index is 2.78. The molecule has 6 rings (SSSR count). The minimum atomic E-state index is 0.585. The number of aromatic nitrogens is 1. The summed E-state index contributed by atoms with van der Waals surface area (Å²) < 4.78 is 2.71. The molecule has 2 nitrogen and oxygen atoms in total. The molecule has 0 radical (unpaired) electrons. The van der Waals surface area contributed by atoms with Crippen LogP contribution in [0.4, 0.5) is 0 Å². The molecule has 1 saturated carbocycles. The lowest BCUT2D eigenvalue weighted by Crippen LogP contribution is -2.30. The topological polar surface area (TPSA) is 8.17 Å². The maximum absolute atomic E-state index is 2.78. The Kier molecular flexibility index (Phi) is 4.91. The van der Waals surface area contributed by atoms with Crippen LogP contribution in [0.1, 0.15) is 85.7 Å². The van der Waals surface area contributed by atoms with E-state index in [1.165, 1.54) is 82.0 Å². The number of nitrogens with zero attached hydrogens (tertiary/aromatic N) is 2. The summed E-state index contributed by atoms with van der Waals surface area (Å²) in [7, 11) is 0. The number of hydrogen-bond donors (Lipinski definition) is 0. The van der Waals surface area contributed by atoms with E-state index < -0.39 is 0 Å². The Morgan fingerprint density at radius 3 is 2.53 bits per heavy atom. The third kappa shape index (κ3) is 3.21. The second kappa shape index (κ2) is 7.89. The summed E-state index contributed by atoms with van der Waals surface area (Å²) in [6, 6.07) is 19.2. The fourth-order valence-electron chi connectivity index (χ4n) is 6.60. The smallest absolute Gasteiger partial charge is 0.0507 e. The lowest BCUT2D eigenvalue weighted by Gasteiger charge is -2.33. The van der Waals surface area contributed by atoms with Crippen LogP contribution in [0, 0.1) is 0 Å². The van der Waals surface area contributed by atoms with Gasteiger partial charge in [-0.3, -0.25) is 4.90 Å². The first-order chi connectivity index (χ1) is 14.9. The second-order valence-electron chi connectivity index (χ2n) is 9.84. The quantitative estimate of drug-likeness (QED) is 0.462. The highest BCUT2D eigenvalue weighted by Crippen LogP contribution is 2.44. The van der Waals surface area contributed by atoms with E-state index in [4.69, 9.17) is 0 Å². The molecule has 156 valence electrons. The summed E-state index contributed by atoms with van der Waals surface area (Å²) in [5.41, 5.74) is 7.91. The minimum absolute atomic E-state index is 0.585. The molecule has 0 spiro atoms. The van der Waals surface area contributed by atoms with E-state index in [0.717, 1.165) is 12.5 Å². The van der Waals surface area contributed by atoms with Gasteiger partial charge in [0.15, 0.2) is 0 Å². The Hall–Kier alpha value is -2.06. The molecule has 3 aromatic rings. The second-order valence-corrected chi connectivity index (χ2v) is 9.84. The van der Waals surface area contributed by atoms with Gasteiger partial charge in [-0.05, 0) is 73.3 Å². The highest BCUT2D eigenvalue weighted by atomic mass is 15.2. The molecule has 2 heteroatoms. The van der Waals surface area contributed by atoms with Crippen LogP contribution in [0.5, 0.6) is 0 Å². The van der Waals surface area contributed by atoms with Crippen molar-refractivity contribution in [3.8, 4) is 0 Å². The van der Waals surface area contributed by atoms with Crippen molar-refractivity contribution in [3.63, 3.8) is 0 Å². The van der Waals surface area contributed by atoms with Crippen molar-refractivity contribution in [3.05, 3.63) is 70.9 Å². The van der Waals surface area contributed by atoms with Gasteiger partial charge in [0.05, 0.1) is 6.04 Å². The molecular weight excluding hydrogens is 364 g/mol. The van der Waals surface area contributed by atoms with Gasteiger partial charge < -0.3 is 4.57 Å². The predicted molar refractivity (Wildman–Crippen MR) is 125 cm³/mol. The molecule has 30 heavy (non-hydrogen) atoms. The van der Waals surface area contributed by atoms with Crippen molar-refractivity contribution in [1.29, 1.82) is 0 Å². The van der Waals surface area contributed by atoms with E-state index in [0.29, 0.717) is 6.04 Å². The predicted octanol–water partition coefficient (Wildman–Crippen LogP) is 6.97. The largest absolute Gasteiger partial charge is 0.343 e. The average Bonchev–Trinajstić information content (AvgIpc) is 3.01. The van der Waals surface area contributed by atoms with Crippen molar-refractivity contribution in [2.75, 3.05) is 6.54 Å². The van der Waals surface area contributed by atoms with Gasteiger partial charge in [0.1, 0.15) is 0 Å². The van der Waals surface area contributed by atoms with Gasteiger partial charge in [-0.25, -0.2) is 0 Å². The Morgan fingerprint density at radius 2 is 1.67 bits per heavy atom. The fraction of sp³-hybridized carbons (Fsp3) is 0.500. The molecule has 2 heterocycles. The van der Waals surface area contributed by atoms with Crippen LogP contribution in [0.25, 0.3) is 10.9 Å². The zero-order valence-corrected chi connectivity index (χ0v) is 18.2. The molecule has 1 aromatic heterocycles.